The van der Waals surface area contributed by atoms with E-state index in [2.05, 4.69) is 15.1 Å². The molecule has 0 unspecified atom stereocenters. The van der Waals surface area contributed by atoms with Gasteiger partial charge >= 0.3 is 0 Å². The van der Waals surface area contributed by atoms with Crippen molar-refractivity contribution in [1.82, 2.24) is 15.1 Å². The lowest BCUT2D eigenvalue weighted by Gasteiger charge is -2.37. The maximum absolute atomic E-state index is 12.9. The standard InChI is InChI=1S/C17H24FN3O/c1-13(17(22)19-16-6-7-16)21-10-8-20(9-11-21)12-14-2-4-15(18)5-3-14/h2-5,13,16H,6-12H2,1H3,(H,19,22)/t13-/m0/s1. The van der Waals surface area contributed by atoms with Gasteiger partial charge in [-0.25, -0.2) is 4.39 Å². The molecule has 1 saturated heterocycles. The fraction of sp³-hybridized carbons (Fsp3) is 0.588. The zero-order valence-electron chi connectivity index (χ0n) is 13.1. The van der Waals surface area contributed by atoms with E-state index in [0.717, 1.165) is 51.1 Å². The molecule has 1 heterocycles. The Morgan fingerprint density at radius 2 is 1.86 bits per heavy atom. The average molecular weight is 305 g/mol. The highest BCUT2D eigenvalue weighted by atomic mass is 19.1. The lowest BCUT2D eigenvalue weighted by atomic mass is 10.1. The van der Waals surface area contributed by atoms with Crippen molar-refractivity contribution in [3.05, 3.63) is 35.6 Å². The number of halogens is 1. The van der Waals surface area contributed by atoms with E-state index in [1.165, 1.54) is 12.1 Å². The van der Waals surface area contributed by atoms with Crippen LogP contribution in [0.5, 0.6) is 0 Å². The molecule has 1 atom stereocenters. The van der Waals surface area contributed by atoms with E-state index < -0.39 is 0 Å². The van der Waals surface area contributed by atoms with Gasteiger partial charge in [-0.3, -0.25) is 14.6 Å². The highest BCUT2D eigenvalue weighted by Gasteiger charge is 2.29. The highest BCUT2D eigenvalue weighted by Crippen LogP contribution is 2.19. The Morgan fingerprint density at radius 1 is 1.23 bits per heavy atom. The van der Waals surface area contributed by atoms with E-state index in [9.17, 15) is 9.18 Å². The molecule has 1 saturated carbocycles. The number of hydrogen-bond acceptors (Lipinski definition) is 3. The van der Waals surface area contributed by atoms with Gasteiger partial charge in [-0.2, -0.15) is 0 Å². The predicted octanol–water partition coefficient (Wildman–Crippen LogP) is 1.61. The van der Waals surface area contributed by atoms with Crippen molar-refractivity contribution in [3.63, 3.8) is 0 Å². The minimum absolute atomic E-state index is 0.0476. The Morgan fingerprint density at radius 3 is 2.45 bits per heavy atom. The molecule has 0 spiro atoms. The molecule has 0 aromatic heterocycles. The summed E-state index contributed by atoms with van der Waals surface area (Å²) in [6, 6.07) is 7.08. The maximum Gasteiger partial charge on any atom is 0.237 e. The maximum atomic E-state index is 12.9. The molecule has 0 radical (unpaired) electrons. The second-order valence-electron chi connectivity index (χ2n) is 6.40. The summed E-state index contributed by atoms with van der Waals surface area (Å²) in [5.41, 5.74) is 1.13. The number of benzene rings is 1. The molecule has 1 aliphatic carbocycles. The first-order valence-corrected chi connectivity index (χ1v) is 8.13. The third kappa shape index (κ3) is 4.05. The molecular weight excluding hydrogens is 281 g/mol. The van der Waals surface area contributed by atoms with E-state index in [1.54, 1.807) is 0 Å². The van der Waals surface area contributed by atoms with Crippen LogP contribution in [0.4, 0.5) is 4.39 Å². The molecule has 2 aliphatic rings. The Labute approximate surface area is 131 Å². The van der Waals surface area contributed by atoms with Crippen LogP contribution >= 0.6 is 0 Å². The van der Waals surface area contributed by atoms with Gasteiger partial charge in [0, 0.05) is 38.8 Å². The Hall–Kier alpha value is -1.46. The summed E-state index contributed by atoms with van der Waals surface area (Å²) in [6.45, 7) is 6.53. The van der Waals surface area contributed by atoms with Gasteiger partial charge in [-0.05, 0) is 37.5 Å². The summed E-state index contributed by atoms with van der Waals surface area (Å²) in [4.78, 5) is 16.7. The number of nitrogens with zero attached hydrogens (tertiary/aromatic N) is 2. The quantitative estimate of drug-likeness (QED) is 0.898. The molecule has 3 rings (SSSR count). The fourth-order valence-electron chi connectivity index (χ4n) is 2.87. The summed E-state index contributed by atoms with van der Waals surface area (Å²) < 4.78 is 12.9. The normalized spacial score (nSPS) is 21.5. The highest BCUT2D eigenvalue weighted by molar-refractivity contribution is 5.81. The first kappa shape index (κ1) is 15.4. The van der Waals surface area contributed by atoms with E-state index in [4.69, 9.17) is 0 Å². The van der Waals surface area contributed by atoms with E-state index >= 15 is 0 Å². The second kappa shape index (κ2) is 6.75. The topological polar surface area (TPSA) is 35.6 Å². The molecule has 1 amide bonds. The van der Waals surface area contributed by atoms with Gasteiger partial charge in [0.15, 0.2) is 0 Å². The molecule has 22 heavy (non-hydrogen) atoms. The van der Waals surface area contributed by atoms with Gasteiger partial charge in [-0.15, -0.1) is 0 Å². The number of amides is 1. The van der Waals surface area contributed by atoms with E-state index in [0.29, 0.717) is 6.04 Å². The van der Waals surface area contributed by atoms with Crippen LogP contribution < -0.4 is 5.32 Å². The Kier molecular flexibility index (Phi) is 4.74. The summed E-state index contributed by atoms with van der Waals surface area (Å²) >= 11 is 0. The van der Waals surface area contributed by atoms with Crippen LogP contribution in [0.2, 0.25) is 0 Å². The number of hydrogen-bond donors (Lipinski definition) is 1. The van der Waals surface area contributed by atoms with Gasteiger partial charge in [-0.1, -0.05) is 12.1 Å². The molecule has 120 valence electrons. The van der Waals surface area contributed by atoms with Gasteiger partial charge < -0.3 is 5.32 Å². The number of carbonyl (C=O) groups excluding carboxylic acids is 1. The lowest BCUT2D eigenvalue weighted by Crippen LogP contribution is -2.53. The Bertz CT molecular complexity index is 507. The van der Waals surface area contributed by atoms with Crippen molar-refractivity contribution in [2.24, 2.45) is 0 Å². The van der Waals surface area contributed by atoms with Crippen molar-refractivity contribution in [1.29, 1.82) is 0 Å². The molecule has 1 aliphatic heterocycles. The number of nitrogens with one attached hydrogen (secondary N) is 1. The first-order valence-electron chi connectivity index (χ1n) is 8.13. The van der Waals surface area contributed by atoms with Crippen molar-refractivity contribution in [2.75, 3.05) is 26.2 Å². The SMILES string of the molecule is C[C@@H](C(=O)NC1CC1)N1CCN(Cc2ccc(F)cc2)CC1. The first-order chi connectivity index (χ1) is 10.6. The summed E-state index contributed by atoms with van der Waals surface area (Å²) in [5.74, 6) is -0.0291. The van der Waals surface area contributed by atoms with Crippen LogP contribution in [0.3, 0.4) is 0 Å². The number of carbonyl (C=O) groups is 1. The van der Waals surface area contributed by atoms with Crippen LogP contribution in [0, 0.1) is 5.82 Å². The summed E-state index contributed by atoms with van der Waals surface area (Å²) in [5, 5.41) is 3.08. The van der Waals surface area contributed by atoms with Crippen LogP contribution in [0.15, 0.2) is 24.3 Å². The van der Waals surface area contributed by atoms with Crippen molar-refractivity contribution < 1.29 is 9.18 Å². The fourth-order valence-corrected chi connectivity index (χ4v) is 2.87. The molecule has 2 fully saturated rings. The van der Waals surface area contributed by atoms with Crippen LogP contribution in [-0.4, -0.2) is 54.0 Å². The molecule has 1 N–H and O–H groups in total. The minimum Gasteiger partial charge on any atom is -0.352 e. The average Bonchev–Trinajstić information content (AvgIpc) is 3.33. The second-order valence-corrected chi connectivity index (χ2v) is 6.40. The van der Waals surface area contributed by atoms with Crippen molar-refractivity contribution in [2.45, 2.75) is 38.4 Å². The largest absolute Gasteiger partial charge is 0.352 e. The molecule has 4 nitrogen and oxygen atoms in total. The smallest absolute Gasteiger partial charge is 0.237 e. The van der Waals surface area contributed by atoms with Crippen molar-refractivity contribution >= 4 is 5.91 Å². The predicted molar refractivity (Wildman–Crippen MR) is 83.9 cm³/mol. The Balaban J connectivity index is 1.45. The number of rotatable bonds is 5. The molecule has 1 aromatic rings. The van der Waals surface area contributed by atoms with Crippen LogP contribution in [-0.2, 0) is 11.3 Å². The van der Waals surface area contributed by atoms with Crippen LogP contribution in [0.25, 0.3) is 0 Å². The minimum atomic E-state index is -0.191. The third-order valence-corrected chi connectivity index (χ3v) is 4.58. The van der Waals surface area contributed by atoms with Crippen LogP contribution in [0.1, 0.15) is 25.3 Å². The van der Waals surface area contributed by atoms with Gasteiger partial charge in [0.05, 0.1) is 6.04 Å². The lowest BCUT2D eigenvalue weighted by molar-refractivity contribution is -0.126. The molecule has 5 heteroatoms. The summed E-state index contributed by atoms with van der Waals surface area (Å²) in [6.07, 6.45) is 2.26. The molecule has 0 bridgehead atoms. The zero-order chi connectivity index (χ0) is 15.5. The van der Waals surface area contributed by atoms with Gasteiger partial charge in [0.25, 0.3) is 0 Å². The van der Waals surface area contributed by atoms with Gasteiger partial charge in [0.2, 0.25) is 5.91 Å². The van der Waals surface area contributed by atoms with Gasteiger partial charge in [0.1, 0.15) is 5.82 Å². The molecule has 1 aromatic carbocycles. The number of piperazine rings is 1. The van der Waals surface area contributed by atoms with Crippen molar-refractivity contribution in [3.8, 4) is 0 Å². The summed E-state index contributed by atoms with van der Waals surface area (Å²) in [7, 11) is 0. The van der Waals surface area contributed by atoms with E-state index in [1.807, 2.05) is 19.1 Å². The third-order valence-electron chi connectivity index (χ3n) is 4.58. The monoisotopic (exact) mass is 305 g/mol. The van der Waals surface area contributed by atoms with E-state index in [-0.39, 0.29) is 17.8 Å². The molecular formula is C17H24FN3O. The zero-order valence-corrected chi connectivity index (χ0v) is 13.1.